The molecule has 0 aliphatic carbocycles. The van der Waals surface area contributed by atoms with Crippen LogP contribution in [0.15, 0.2) is 0 Å². The van der Waals surface area contributed by atoms with Gasteiger partial charge in [-0.05, 0) is 14.1 Å². The van der Waals surface area contributed by atoms with Gasteiger partial charge in [-0.3, -0.25) is 0 Å². The van der Waals surface area contributed by atoms with E-state index in [9.17, 15) is 0 Å². The van der Waals surface area contributed by atoms with Gasteiger partial charge in [-0.25, -0.2) is 4.98 Å². The van der Waals surface area contributed by atoms with Gasteiger partial charge in [0.2, 0.25) is 5.13 Å². The fourth-order valence-electron chi connectivity index (χ4n) is 0.703. The Morgan fingerprint density at radius 3 is 2.73 bits per heavy atom. The number of anilines is 1. The SMILES string of the molecule is CNc1nc(CN(C)C)ns1. The summed E-state index contributed by atoms with van der Waals surface area (Å²) in [6.07, 6.45) is 0. The second kappa shape index (κ2) is 3.64. The molecule has 4 nitrogen and oxygen atoms in total. The van der Waals surface area contributed by atoms with Crippen molar-refractivity contribution < 1.29 is 0 Å². The van der Waals surface area contributed by atoms with Gasteiger partial charge in [0.25, 0.3) is 0 Å². The fourth-order valence-corrected chi connectivity index (χ4v) is 1.23. The first-order valence-electron chi connectivity index (χ1n) is 3.37. The van der Waals surface area contributed by atoms with Gasteiger partial charge in [-0.2, -0.15) is 4.37 Å². The standard InChI is InChI=1S/C6H12N4S/c1-7-6-8-5(9-11-6)4-10(2)3/h4H2,1-3H3,(H,7,8,9). The van der Waals surface area contributed by atoms with Crippen LogP contribution >= 0.6 is 11.5 Å². The minimum atomic E-state index is 0.804. The number of nitrogens with one attached hydrogen (secondary N) is 1. The van der Waals surface area contributed by atoms with Crippen molar-refractivity contribution in [3.63, 3.8) is 0 Å². The molecule has 0 spiro atoms. The highest BCUT2D eigenvalue weighted by atomic mass is 32.1. The van der Waals surface area contributed by atoms with Gasteiger partial charge in [0.15, 0.2) is 5.82 Å². The molecule has 5 heteroatoms. The summed E-state index contributed by atoms with van der Waals surface area (Å²) in [4.78, 5) is 6.27. The molecule has 0 bridgehead atoms. The third-order valence-electron chi connectivity index (χ3n) is 1.14. The highest BCUT2D eigenvalue weighted by Gasteiger charge is 2.01. The summed E-state index contributed by atoms with van der Waals surface area (Å²) < 4.78 is 4.15. The van der Waals surface area contributed by atoms with E-state index < -0.39 is 0 Å². The Hall–Kier alpha value is -0.680. The highest BCUT2D eigenvalue weighted by molar-refractivity contribution is 7.09. The zero-order valence-corrected chi connectivity index (χ0v) is 7.77. The topological polar surface area (TPSA) is 41.1 Å². The maximum absolute atomic E-state index is 4.22. The van der Waals surface area contributed by atoms with E-state index in [-0.39, 0.29) is 0 Å². The average Bonchev–Trinajstić information content (AvgIpc) is 2.34. The lowest BCUT2D eigenvalue weighted by molar-refractivity contribution is 0.393. The minimum Gasteiger partial charge on any atom is -0.363 e. The van der Waals surface area contributed by atoms with E-state index in [2.05, 4.69) is 14.7 Å². The molecule has 0 amide bonds. The van der Waals surface area contributed by atoms with E-state index in [1.165, 1.54) is 11.5 Å². The summed E-state index contributed by atoms with van der Waals surface area (Å²) in [5.74, 6) is 0.879. The summed E-state index contributed by atoms with van der Waals surface area (Å²) in [5, 5.41) is 3.82. The van der Waals surface area contributed by atoms with E-state index in [0.29, 0.717) is 0 Å². The molecule has 1 rings (SSSR count). The number of hydrogen-bond acceptors (Lipinski definition) is 5. The third-order valence-corrected chi connectivity index (χ3v) is 1.91. The first-order valence-corrected chi connectivity index (χ1v) is 4.15. The Labute approximate surface area is 70.4 Å². The van der Waals surface area contributed by atoms with Gasteiger partial charge in [0, 0.05) is 18.6 Å². The van der Waals surface area contributed by atoms with Gasteiger partial charge in [0.1, 0.15) is 0 Å². The van der Waals surface area contributed by atoms with Crippen LogP contribution in [-0.4, -0.2) is 35.4 Å². The summed E-state index contributed by atoms with van der Waals surface area (Å²) in [5.41, 5.74) is 0. The monoisotopic (exact) mass is 172 g/mol. The van der Waals surface area contributed by atoms with Crippen LogP contribution in [0.25, 0.3) is 0 Å². The van der Waals surface area contributed by atoms with Crippen molar-refractivity contribution in [3.05, 3.63) is 5.82 Å². The molecule has 0 fully saturated rings. The largest absolute Gasteiger partial charge is 0.363 e. The fraction of sp³-hybridized carbons (Fsp3) is 0.667. The van der Waals surface area contributed by atoms with E-state index >= 15 is 0 Å². The van der Waals surface area contributed by atoms with E-state index in [1.54, 1.807) is 0 Å². The Morgan fingerprint density at radius 1 is 1.55 bits per heavy atom. The summed E-state index contributed by atoms with van der Waals surface area (Å²) in [6, 6.07) is 0. The van der Waals surface area contributed by atoms with Crippen LogP contribution in [-0.2, 0) is 6.54 Å². The first-order chi connectivity index (χ1) is 5.22. The van der Waals surface area contributed by atoms with Crippen LogP contribution in [0.3, 0.4) is 0 Å². The Kier molecular flexibility index (Phi) is 2.78. The lowest BCUT2D eigenvalue weighted by atomic mass is 10.6. The third kappa shape index (κ3) is 2.44. The average molecular weight is 172 g/mol. The molecule has 0 saturated heterocycles. The lowest BCUT2D eigenvalue weighted by Crippen LogP contribution is -2.11. The highest BCUT2D eigenvalue weighted by Crippen LogP contribution is 2.09. The van der Waals surface area contributed by atoms with E-state index in [0.717, 1.165) is 17.5 Å². The van der Waals surface area contributed by atoms with Crippen molar-refractivity contribution in [1.82, 2.24) is 14.3 Å². The van der Waals surface area contributed by atoms with Crippen LogP contribution < -0.4 is 5.32 Å². The minimum absolute atomic E-state index is 0.804. The number of hydrogen-bond donors (Lipinski definition) is 1. The number of aromatic nitrogens is 2. The van der Waals surface area contributed by atoms with Crippen LogP contribution in [0.4, 0.5) is 5.13 Å². The summed E-state index contributed by atoms with van der Waals surface area (Å²) in [7, 11) is 5.85. The lowest BCUT2D eigenvalue weighted by Gasteiger charge is -2.03. The molecule has 1 heterocycles. The molecule has 1 aromatic rings. The maximum Gasteiger partial charge on any atom is 0.202 e. The van der Waals surface area contributed by atoms with E-state index in [1.807, 2.05) is 26.0 Å². The van der Waals surface area contributed by atoms with Gasteiger partial charge in [-0.15, -0.1) is 0 Å². The molecule has 0 unspecified atom stereocenters. The van der Waals surface area contributed by atoms with Gasteiger partial charge < -0.3 is 10.2 Å². The first kappa shape index (κ1) is 8.42. The molecule has 11 heavy (non-hydrogen) atoms. The molecule has 1 aromatic heterocycles. The van der Waals surface area contributed by atoms with Crippen LogP contribution in [0.1, 0.15) is 5.82 Å². The van der Waals surface area contributed by atoms with Crippen molar-refractivity contribution in [1.29, 1.82) is 0 Å². The molecule has 0 aliphatic rings. The van der Waals surface area contributed by atoms with Gasteiger partial charge in [0.05, 0.1) is 6.54 Å². The zero-order chi connectivity index (χ0) is 8.27. The smallest absolute Gasteiger partial charge is 0.202 e. The van der Waals surface area contributed by atoms with Crippen LogP contribution in [0, 0.1) is 0 Å². The van der Waals surface area contributed by atoms with Gasteiger partial charge in [-0.1, -0.05) is 0 Å². The molecular formula is C6H12N4S. The summed E-state index contributed by atoms with van der Waals surface area (Å²) >= 11 is 1.39. The number of nitrogens with zero attached hydrogens (tertiary/aromatic N) is 3. The van der Waals surface area contributed by atoms with Crippen LogP contribution in [0.5, 0.6) is 0 Å². The van der Waals surface area contributed by atoms with Crippen molar-refractivity contribution in [2.75, 3.05) is 26.5 Å². The molecule has 62 valence electrons. The number of rotatable bonds is 3. The maximum atomic E-state index is 4.22. The quantitative estimate of drug-likeness (QED) is 0.726. The molecule has 0 saturated carbocycles. The predicted molar refractivity (Wildman–Crippen MR) is 46.8 cm³/mol. The van der Waals surface area contributed by atoms with E-state index in [4.69, 9.17) is 0 Å². The van der Waals surface area contributed by atoms with Crippen molar-refractivity contribution in [2.24, 2.45) is 0 Å². The Morgan fingerprint density at radius 2 is 2.27 bits per heavy atom. The van der Waals surface area contributed by atoms with Crippen molar-refractivity contribution in [2.45, 2.75) is 6.54 Å². The molecule has 0 atom stereocenters. The van der Waals surface area contributed by atoms with Gasteiger partial charge >= 0.3 is 0 Å². The van der Waals surface area contributed by atoms with Crippen LogP contribution in [0.2, 0.25) is 0 Å². The Balaban J connectivity index is 2.58. The zero-order valence-electron chi connectivity index (χ0n) is 6.96. The normalized spacial score (nSPS) is 10.5. The second-order valence-corrected chi connectivity index (χ2v) is 3.26. The molecule has 0 aromatic carbocycles. The molecule has 1 N–H and O–H groups in total. The Bertz CT molecular complexity index is 220. The van der Waals surface area contributed by atoms with Crippen molar-refractivity contribution >= 4 is 16.7 Å². The molecular weight excluding hydrogens is 160 g/mol. The molecule has 0 radical (unpaired) electrons. The molecule has 0 aliphatic heterocycles. The summed E-state index contributed by atoms with van der Waals surface area (Å²) in [6.45, 7) is 0.804. The predicted octanol–water partition coefficient (Wildman–Crippen LogP) is 0.641. The van der Waals surface area contributed by atoms with Crippen molar-refractivity contribution in [3.8, 4) is 0 Å². The second-order valence-electron chi connectivity index (χ2n) is 2.50.